The fourth-order valence-electron chi connectivity index (χ4n) is 2.22. The maximum Gasteiger partial charge on any atom is 0.199 e. The Bertz CT molecular complexity index is 811. The van der Waals surface area contributed by atoms with E-state index >= 15 is 0 Å². The fraction of sp³-hybridized carbons (Fsp3) is 0.188. The van der Waals surface area contributed by atoms with E-state index in [9.17, 15) is 9.59 Å². The summed E-state index contributed by atoms with van der Waals surface area (Å²) in [6, 6.07) is 9.21. The van der Waals surface area contributed by atoms with Crippen LogP contribution in [0.5, 0.6) is 0 Å². The molecular formula is C16H13NO3S. The second kappa shape index (κ2) is 5.26. The van der Waals surface area contributed by atoms with E-state index in [2.05, 4.69) is 4.98 Å². The summed E-state index contributed by atoms with van der Waals surface area (Å²) in [5.41, 5.74) is 1.26. The number of rotatable bonds is 4. The van der Waals surface area contributed by atoms with E-state index in [0.29, 0.717) is 22.1 Å². The zero-order chi connectivity index (χ0) is 15.0. The molecule has 0 atom stereocenters. The smallest absolute Gasteiger partial charge is 0.199 e. The van der Waals surface area contributed by atoms with Crippen molar-refractivity contribution in [1.82, 2.24) is 4.98 Å². The molecule has 0 saturated heterocycles. The lowest BCUT2D eigenvalue weighted by Gasteiger charge is -1.96. The van der Waals surface area contributed by atoms with Crippen molar-refractivity contribution in [3.05, 3.63) is 52.4 Å². The SMILES string of the molecule is Cc1cc(C(=O)CC(=O)c2nc3ccccc3s2)c(C)o1. The number of para-hydroxylation sites is 1. The molecule has 2 aromatic heterocycles. The van der Waals surface area contributed by atoms with E-state index < -0.39 is 0 Å². The third-order valence-electron chi connectivity index (χ3n) is 3.19. The molecule has 0 amide bonds. The van der Waals surface area contributed by atoms with E-state index in [4.69, 9.17) is 4.42 Å². The maximum absolute atomic E-state index is 12.2. The first-order chi connectivity index (χ1) is 10.0. The summed E-state index contributed by atoms with van der Waals surface area (Å²) in [5.74, 6) is 0.742. The second-order valence-electron chi connectivity index (χ2n) is 4.84. The molecule has 0 N–H and O–H groups in total. The highest BCUT2D eigenvalue weighted by atomic mass is 32.1. The molecule has 0 aliphatic heterocycles. The monoisotopic (exact) mass is 299 g/mol. The zero-order valence-corrected chi connectivity index (χ0v) is 12.5. The van der Waals surface area contributed by atoms with Crippen molar-refractivity contribution in [3.63, 3.8) is 0 Å². The molecule has 0 spiro atoms. The van der Waals surface area contributed by atoms with Gasteiger partial charge in [-0.15, -0.1) is 11.3 Å². The van der Waals surface area contributed by atoms with Gasteiger partial charge in [-0.3, -0.25) is 9.59 Å². The van der Waals surface area contributed by atoms with Gasteiger partial charge in [-0.2, -0.15) is 0 Å². The molecule has 0 aliphatic rings. The van der Waals surface area contributed by atoms with E-state index in [-0.39, 0.29) is 18.0 Å². The quantitative estimate of drug-likeness (QED) is 0.540. The molecule has 0 unspecified atom stereocenters. The topological polar surface area (TPSA) is 60.2 Å². The Morgan fingerprint density at radius 3 is 2.62 bits per heavy atom. The Morgan fingerprint density at radius 1 is 1.19 bits per heavy atom. The number of carbonyl (C=O) groups excluding carboxylic acids is 2. The average Bonchev–Trinajstić information content (AvgIpc) is 3.01. The van der Waals surface area contributed by atoms with Crippen molar-refractivity contribution in [2.45, 2.75) is 20.3 Å². The van der Waals surface area contributed by atoms with Gasteiger partial charge in [0.2, 0.25) is 0 Å². The van der Waals surface area contributed by atoms with Gasteiger partial charge in [0.1, 0.15) is 11.5 Å². The summed E-state index contributed by atoms with van der Waals surface area (Å²) in [6.07, 6.45) is -0.181. The number of benzene rings is 1. The first-order valence-corrected chi connectivity index (χ1v) is 7.35. The van der Waals surface area contributed by atoms with Gasteiger partial charge >= 0.3 is 0 Å². The molecule has 4 nitrogen and oxygen atoms in total. The molecule has 106 valence electrons. The number of hydrogen-bond donors (Lipinski definition) is 0. The molecule has 3 rings (SSSR count). The van der Waals surface area contributed by atoms with Crippen LogP contribution in [0.15, 0.2) is 34.7 Å². The van der Waals surface area contributed by atoms with E-state index in [0.717, 1.165) is 10.2 Å². The van der Waals surface area contributed by atoms with Crippen LogP contribution in [0.1, 0.15) is 38.1 Å². The van der Waals surface area contributed by atoms with E-state index in [1.165, 1.54) is 11.3 Å². The van der Waals surface area contributed by atoms with Crippen LogP contribution >= 0.6 is 11.3 Å². The highest BCUT2D eigenvalue weighted by Gasteiger charge is 2.20. The molecule has 2 heterocycles. The summed E-state index contributed by atoms with van der Waals surface area (Å²) in [4.78, 5) is 28.7. The highest BCUT2D eigenvalue weighted by Crippen LogP contribution is 2.23. The molecule has 0 saturated carbocycles. The number of Topliss-reactive ketones (excluding diaryl/α,β-unsaturated/α-hetero) is 2. The largest absolute Gasteiger partial charge is 0.466 e. The van der Waals surface area contributed by atoms with Gasteiger partial charge < -0.3 is 4.42 Å². The van der Waals surface area contributed by atoms with Crippen LogP contribution in [-0.2, 0) is 0 Å². The van der Waals surface area contributed by atoms with Crippen LogP contribution in [0.3, 0.4) is 0 Å². The van der Waals surface area contributed by atoms with Crippen molar-refractivity contribution >= 4 is 33.1 Å². The van der Waals surface area contributed by atoms with Gasteiger partial charge in [-0.25, -0.2) is 4.98 Å². The first-order valence-electron chi connectivity index (χ1n) is 6.53. The summed E-state index contributed by atoms with van der Waals surface area (Å²) < 4.78 is 6.27. The van der Waals surface area contributed by atoms with Crippen molar-refractivity contribution < 1.29 is 14.0 Å². The van der Waals surface area contributed by atoms with Crippen LogP contribution < -0.4 is 0 Å². The predicted molar refractivity (Wildman–Crippen MR) is 81.1 cm³/mol. The highest BCUT2D eigenvalue weighted by molar-refractivity contribution is 7.20. The molecule has 21 heavy (non-hydrogen) atoms. The van der Waals surface area contributed by atoms with Crippen LogP contribution in [0.2, 0.25) is 0 Å². The molecule has 1 aromatic carbocycles. The fourth-order valence-corrected chi connectivity index (χ4v) is 3.12. The van der Waals surface area contributed by atoms with Gasteiger partial charge in [0, 0.05) is 0 Å². The Kier molecular flexibility index (Phi) is 3.43. The van der Waals surface area contributed by atoms with Crippen LogP contribution in [0.4, 0.5) is 0 Å². The number of fused-ring (bicyclic) bond motifs is 1. The summed E-state index contributed by atoms with van der Waals surface area (Å²) in [5, 5.41) is 0.377. The third-order valence-corrected chi connectivity index (χ3v) is 4.27. The molecule has 3 aromatic rings. The van der Waals surface area contributed by atoms with Crippen molar-refractivity contribution in [3.8, 4) is 0 Å². The second-order valence-corrected chi connectivity index (χ2v) is 5.87. The molecular weight excluding hydrogens is 286 g/mol. The minimum absolute atomic E-state index is 0.181. The van der Waals surface area contributed by atoms with Crippen LogP contribution in [-0.4, -0.2) is 16.6 Å². The van der Waals surface area contributed by atoms with Gasteiger partial charge in [-0.05, 0) is 32.0 Å². The lowest BCUT2D eigenvalue weighted by Crippen LogP contribution is -2.08. The number of ketones is 2. The number of aryl methyl sites for hydroxylation is 2. The average molecular weight is 299 g/mol. The van der Waals surface area contributed by atoms with Crippen molar-refractivity contribution in [1.29, 1.82) is 0 Å². The first kappa shape index (κ1) is 13.7. The third kappa shape index (κ3) is 2.64. The van der Waals surface area contributed by atoms with Crippen LogP contribution in [0, 0.1) is 13.8 Å². The number of furan rings is 1. The Morgan fingerprint density at radius 2 is 1.95 bits per heavy atom. The maximum atomic E-state index is 12.2. The predicted octanol–water partition coefficient (Wildman–Crippen LogP) is 3.96. The molecule has 0 bridgehead atoms. The van der Waals surface area contributed by atoms with Crippen molar-refractivity contribution in [2.75, 3.05) is 0 Å². The summed E-state index contributed by atoms with van der Waals surface area (Å²) in [6.45, 7) is 3.50. The minimum Gasteiger partial charge on any atom is -0.466 e. The minimum atomic E-state index is -0.251. The number of aromatic nitrogens is 1. The zero-order valence-electron chi connectivity index (χ0n) is 11.7. The Labute approximate surface area is 125 Å². The molecule has 5 heteroatoms. The summed E-state index contributed by atoms with van der Waals surface area (Å²) in [7, 11) is 0. The van der Waals surface area contributed by atoms with Crippen LogP contribution in [0.25, 0.3) is 10.2 Å². The number of nitrogens with zero attached hydrogens (tertiary/aromatic N) is 1. The molecule has 0 aliphatic carbocycles. The Hall–Kier alpha value is -2.27. The van der Waals surface area contributed by atoms with Gasteiger partial charge in [-0.1, -0.05) is 12.1 Å². The lowest BCUT2D eigenvalue weighted by molar-refractivity contribution is 0.0893. The van der Waals surface area contributed by atoms with Gasteiger partial charge in [0.25, 0.3) is 0 Å². The summed E-state index contributed by atoms with van der Waals surface area (Å²) >= 11 is 1.32. The Balaban J connectivity index is 1.82. The van der Waals surface area contributed by atoms with E-state index in [1.54, 1.807) is 19.9 Å². The number of thiazole rings is 1. The van der Waals surface area contributed by atoms with Gasteiger partial charge in [0.05, 0.1) is 22.2 Å². The standard InChI is InChI=1S/C16H13NO3S/c1-9-7-11(10(2)20-9)13(18)8-14(19)16-17-12-5-3-4-6-15(12)21-16/h3-7H,8H2,1-2H3. The lowest BCUT2D eigenvalue weighted by atomic mass is 10.1. The van der Waals surface area contributed by atoms with Crippen molar-refractivity contribution in [2.24, 2.45) is 0 Å². The number of carbonyl (C=O) groups is 2. The van der Waals surface area contributed by atoms with Gasteiger partial charge in [0.15, 0.2) is 16.6 Å². The number of hydrogen-bond acceptors (Lipinski definition) is 5. The molecule has 0 radical (unpaired) electrons. The normalized spacial score (nSPS) is 11.0. The molecule has 0 fully saturated rings. The van der Waals surface area contributed by atoms with E-state index in [1.807, 2.05) is 24.3 Å².